The summed E-state index contributed by atoms with van der Waals surface area (Å²) in [5, 5.41) is 13.8. The van der Waals surface area contributed by atoms with E-state index in [9.17, 15) is 14.7 Å². The molecule has 3 aliphatic rings. The van der Waals surface area contributed by atoms with Crippen LogP contribution in [0, 0.1) is 0 Å². The number of fused-ring (bicyclic) bond motifs is 2. The molecule has 46 heavy (non-hydrogen) atoms. The highest BCUT2D eigenvalue weighted by molar-refractivity contribution is 7.17. The fraction of sp³-hybridized carbons (Fsp3) is 0.375. The number of hydrogen-bond donors (Lipinski definition) is 0. The first kappa shape index (κ1) is 31.9. The number of thiophene rings is 1. The van der Waals surface area contributed by atoms with Gasteiger partial charge in [0.15, 0.2) is 17.8 Å². The molecule has 3 heterocycles. The molecule has 1 aromatic heterocycles. The van der Waals surface area contributed by atoms with E-state index in [4.69, 9.17) is 0 Å². The maximum Gasteiger partial charge on any atom is 0.209 e. The van der Waals surface area contributed by atoms with Gasteiger partial charge in [-0.1, -0.05) is 77.0 Å². The first-order chi connectivity index (χ1) is 22.0. The topological polar surface area (TPSA) is 63.4 Å². The minimum absolute atomic E-state index is 0.174. The largest absolute Gasteiger partial charge is 0.871 e. The van der Waals surface area contributed by atoms with Crippen LogP contribution in [-0.2, 0) is 15.6 Å². The molecule has 6 heteroatoms. The zero-order valence-electron chi connectivity index (χ0n) is 27.9. The lowest BCUT2D eigenvalue weighted by Gasteiger charge is -2.33. The third-order valence-corrected chi connectivity index (χ3v) is 11.0. The van der Waals surface area contributed by atoms with Crippen LogP contribution >= 0.6 is 11.3 Å². The minimum Gasteiger partial charge on any atom is -0.871 e. The SMILES string of the molecule is CCCCCCN1C(=CC2=C([O-])C(=CC3=[N+](CCC)c4ccccc4C3(C)C)C2=O)C(C)(C)c2cc(-c3ccc(C=O)s3)ccc21. The van der Waals surface area contributed by atoms with Crippen molar-refractivity contribution < 1.29 is 19.3 Å². The van der Waals surface area contributed by atoms with Crippen molar-refractivity contribution in [2.75, 3.05) is 18.0 Å². The molecule has 5 nitrogen and oxygen atoms in total. The number of aldehydes is 1. The van der Waals surface area contributed by atoms with Crippen LogP contribution in [0.15, 0.2) is 89.4 Å². The standard InChI is InChI=1S/C40H44N2O3S/c1-7-9-10-13-21-42-33-18-16-26(34-19-17-27(25-43)46-34)22-31(33)40(5,6)36(42)24-29-37(44)28(38(29)45)23-35-39(3,4)30-14-11-12-15-32(30)41(35)20-8-2/h11-12,14-19,22-25H,7-10,13,20-21H2,1-6H3. The van der Waals surface area contributed by atoms with Crippen molar-refractivity contribution in [1.82, 2.24) is 0 Å². The number of allylic oxidation sites excluding steroid dienone is 5. The third kappa shape index (κ3) is 5.21. The molecule has 0 amide bonds. The lowest BCUT2D eigenvalue weighted by Crippen LogP contribution is -2.35. The molecule has 3 aromatic rings. The number of Topliss-reactive ketones (excluding diaryl/α,β-unsaturated/α-hetero) is 1. The summed E-state index contributed by atoms with van der Waals surface area (Å²) >= 11 is 1.49. The zero-order chi connectivity index (χ0) is 32.8. The van der Waals surface area contributed by atoms with E-state index in [-0.39, 0.29) is 28.1 Å². The number of anilines is 1. The Kier molecular flexibility index (Phi) is 8.53. The van der Waals surface area contributed by atoms with Gasteiger partial charge in [0.2, 0.25) is 5.69 Å². The van der Waals surface area contributed by atoms with E-state index in [0.717, 1.165) is 78.3 Å². The van der Waals surface area contributed by atoms with Crippen molar-refractivity contribution in [3.8, 4) is 10.4 Å². The van der Waals surface area contributed by atoms with Gasteiger partial charge in [0.1, 0.15) is 6.54 Å². The Bertz CT molecular complexity index is 1850. The highest BCUT2D eigenvalue weighted by atomic mass is 32.1. The number of rotatable bonds is 11. The first-order valence-electron chi connectivity index (χ1n) is 16.7. The molecule has 6 rings (SSSR count). The Morgan fingerprint density at radius 3 is 2.37 bits per heavy atom. The lowest BCUT2D eigenvalue weighted by atomic mass is 9.77. The number of unbranched alkanes of at least 4 members (excludes halogenated alkanes) is 3. The van der Waals surface area contributed by atoms with Crippen molar-refractivity contribution in [2.45, 2.75) is 84.5 Å². The van der Waals surface area contributed by atoms with Crippen molar-refractivity contribution in [1.29, 1.82) is 0 Å². The van der Waals surface area contributed by atoms with Gasteiger partial charge in [-0.05, 0) is 61.7 Å². The van der Waals surface area contributed by atoms with E-state index < -0.39 is 5.41 Å². The molecule has 0 spiro atoms. The van der Waals surface area contributed by atoms with Crippen LogP contribution in [0.4, 0.5) is 11.4 Å². The van der Waals surface area contributed by atoms with Gasteiger partial charge in [0, 0.05) is 63.5 Å². The monoisotopic (exact) mass is 632 g/mol. The molecular formula is C40H44N2O3S. The van der Waals surface area contributed by atoms with E-state index in [1.54, 1.807) is 0 Å². The van der Waals surface area contributed by atoms with Crippen LogP contribution in [0.3, 0.4) is 0 Å². The van der Waals surface area contributed by atoms with Crippen LogP contribution < -0.4 is 10.0 Å². The molecule has 1 aliphatic carbocycles. The summed E-state index contributed by atoms with van der Waals surface area (Å²) in [7, 11) is 0. The average Bonchev–Trinajstić information content (AvgIpc) is 3.67. The number of ketones is 1. The Hall–Kier alpha value is -4.03. The second-order valence-corrected chi connectivity index (χ2v) is 14.8. The van der Waals surface area contributed by atoms with Gasteiger partial charge in [0.05, 0.1) is 10.3 Å². The number of nitrogens with zero attached hydrogens (tertiary/aromatic N) is 2. The number of carbonyl (C=O) groups excluding carboxylic acids is 2. The van der Waals surface area contributed by atoms with Gasteiger partial charge in [-0.25, -0.2) is 0 Å². The van der Waals surface area contributed by atoms with E-state index in [2.05, 4.69) is 87.4 Å². The van der Waals surface area contributed by atoms with Crippen molar-refractivity contribution in [3.05, 3.63) is 105 Å². The van der Waals surface area contributed by atoms with Crippen LogP contribution in [0.2, 0.25) is 0 Å². The number of carbonyl (C=O) groups is 2. The summed E-state index contributed by atoms with van der Waals surface area (Å²) in [6, 6.07) is 18.7. The summed E-state index contributed by atoms with van der Waals surface area (Å²) in [6.45, 7) is 14.7. The normalized spacial score (nSPS) is 19.7. The molecule has 238 valence electrons. The third-order valence-electron chi connectivity index (χ3n) is 9.94. The van der Waals surface area contributed by atoms with Gasteiger partial charge in [-0.2, -0.15) is 4.58 Å². The van der Waals surface area contributed by atoms with E-state index in [1.807, 2.05) is 30.4 Å². The fourth-order valence-corrected chi connectivity index (χ4v) is 8.15. The van der Waals surface area contributed by atoms with E-state index >= 15 is 0 Å². The highest BCUT2D eigenvalue weighted by Crippen LogP contribution is 2.50. The first-order valence-corrected chi connectivity index (χ1v) is 17.5. The second-order valence-electron chi connectivity index (χ2n) is 13.7. The fourth-order valence-electron chi connectivity index (χ4n) is 7.33. The number of benzene rings is 2. The Balaban J connectivity index is 1.40. The van der Waals surface area contributed by atoms with Gasteiger partial charge in [0.25, 0.3) is 0 Å². The average molecular weight is 633 g/mol. The molecule has 0 saturated heterocycles. The van der Waals surface area contributed by atoms with Crippen molar-refractivity contribution in [2.24, 2.45) is 0 Å². The summed E-state index contributed by atoms with van der Waals surface area (Å²) in [5.74, 6) is -0.349. The van der Waals surface area contributed by atoms with Gasteiger partial charge < -0.3 is 10.0 Å². The Morgan fingerprint density at radius 1 is 0.891 bits per heavy atom. The molecule has 0 atom stereocenters. The molecular weight excluding hydrogens is 589 g/mol. The van der Waals surface area contributed by atoms with Crippen molar-refractivity contribution in [3.63, 3.8) is 0 Å². The van der Waals surface area contributed by atoms with Crippen LogP contribution in [-0.4, -0.2) is 35.4 Å². The summed E-state index contributed by atoms with van der Waals surface area (Å²) < 4.78 is 2.28. The maximum atomic E-state index is 13.8. The Morgan fingerprint density at radius 2 is 1.67 bits per heavy atom. The van der Waals surface area contributed by atoms with Crippen LogP contribution in [0.25, 0.3) is 10.4 Å². The van der Waals surface area contributed by atoms with Crippen LogP contribution in [0.5, 0.6) is 0 Å². The Labute approximate surface area is 277 Å². The summed E-state index contributed by atoms with van der Waals surface area (Å²) in [4.78, 5) is 29.2. The number of para-hydroxylation sites is 1. The second kappa shape index (κ2) is 12.3. The predicted octanol–water partition coefficient (Wildman–Crippen LogP) is 8.40. The quantitative estimate of drug-likeness (QED) is 0.0922. The van der Waals surface area contributed by atoms with Crippen molar-refractivity contribution >= 4 is 40.5 Å². The smallest absolute Gasteiger partial charge is 0.209 e. The molecule has 0 bridgehead atoms. The molecule has 0 unspecified atom stereocenters. The molecule has 0 radical (unpaired) electrons. The lowest BCUT2D eigenvalue weighted by molar-refractivity contribution is -0.437. The summed E-state index contributed by atoms with van der Waals surface area (Å²) in [5.41, 5.74) is 7.53. The number of hydrogen-bond acceptors (Lipinski definition) is 5. The van der Waals surface area contributed by atoms with E-state index in [0.29, 0.717) is 4.88 Å². The minimum atomic E-state index is -0.421. The summed E-state index contributed by atoms with van der Waals surface area (Å²) in [6.07, 6.45) is 10.1. The molecule has 2 aliphatic heterocycles. The van der Waals surface area contributed by atoms with Gasteiger partial charge >= 0.3 is 0 Å². The zero-order valence-corrected chi connectivity index (χ0v) is 28.7. The van der Waals surface area contributed by atoms with Gasteiger partial charge in [-0.3, -0.25) is 9.59 Å². The molecule has 2 aromatic carbocycles. The van der Waals surface area contributed by atoms with Crippen LogP contribution in [0.1, 0.15) is 94.4 Å². The predicted molar refractivity (Wildman–Crippen MR) is 187 cm³/mol. The maximum absolute atomic E-state index is 13.8. The molecule has 0 N–H and O–H groups in total. The van der Waals surface area contributed by atoms with Gasteiger partial charge in [-0.15, -0.1) is 11.3 Å². The molecule has 0 saturated carbocycles. The highest BCUT2D eigenvalue weighted by Gasteiger charge is 2.46. The van der Waals surface area contributed by atoms with E-state index in [1.165, 1.54) is 28.9 Å². The molecule has 0 fully saturated rings.